The molecule has 1 fully saturated rings. The molecule has 1 aliphatic heterocycles. The largest absolute Gasteiger partial charge is 0.337 e. The zero-order chi connectivity index (χ0) is 14.3. The van der Waals surface area contributed by atoms with Gasteiger partial charge >= 0.3 is 0 Å². The summed E-state index contributed by atoms with van der Waals surface area (Å²) in [5, 5.41) is 0.876. The molecule has 1 saturated heterocycles. The molecule has 2 heterocycles. The molecule has 0 N–H and O–H groups in total. The van der Waals surface area contributed by atoms with E-state index in [-0.39, 0.29) is 23.4 Å². The molecule has 0 aliphatic carbocycles. The van der Waals surface area contributed by atoms with Crippen LogP contribution in [0.2, 0.25) is 0 Å². The molecule has 1 aromatic heterocycles. The fourth-order valence-corrected chi connectivity index (χ4v) is 3.52. The number of thiophene rings is 1. The van der Waals surface area contributed by atoms with Crippen molar-refractivity contribution in [3.8, 4) is 0 Å². The van der Waals surface area contributed by atoms with Crippen molar-refractivity contribution in [3.05, 3.63) is 35.0 Å². The van der Waals surface area contributed by atoms with Crippen LogP contribution in [-0.4, -0.2) is 29.7 Å². The highest BCUT2D eigenvalue weighted by molar-refractivity contribution is 7.20. The Kier molecular flexibility index (Phi) is 3.30. The van der Waals surface area contributed by atoms with Crippen LogP contribution in [0.15, 0.2) is 24.3 Å². The lowest BCUT2D eigenvalue weighted by Gasteiger charge is -2.29. The maximum atomic E-state index is 13.2. The number of hydrogen-bond acceptors (Lipinski definition) is 3. The second-order valence-electron chi connectivity index (χ2n) is 5.16. The van der Waals surface area contributed by atoms with Crippen molar-refractivity contribution >= 4 is 33.1 Å². The van der Waals surface area contributed by atoms with E-state index < -0.39 is 0 Å². The Bertz CT molecular complexity index is 694. The lowest BCUT2D eigenvalue weighted by Crippen LogP contribution is -2.42. The number of nitrogens with zero attached hydrogens (tertiary/aromatic N) is 1. The lowest BCUT2D eigenvalue weighted by molar-refractivity contribution is -0.124. The third-order valence-corrected chi connectivity index (χ3v) is 4.74. The van der Waals surface area contributed by atoms with Crippen LogP contribution in [-0.2, 0) is 4.79 Å². The first-order chi connectivity index (χ1) is 9.54. The summed E-state index contributed by atoms with van der Waals surface area (Å²) < 4.78 is 13.9. The maximum Gasteiger partial charge on any atom is 0.263 e. The minimum Gasteiger partial charge on any atom is -0.337 e. The van der Waals surface area contributed by atoms with Gasteiger partial charge < -0.3 is 4.90 Å². The summed E-state index contributed by atoms with van der Waals surface area (Å²) in [5.74, 6) is -0.242. The first kappa shape index (κ1) is 13.2. The van der Waals surface area contributed by atoms with Gasteiger partial charge in [-0.3, -0.25) is 9.59 Å². The van der Waals surface area contributed by atoms with E-state index in [1.165, 1.54) is 23.5 Å². The van der Waals surface area contributed by atoms with E-state index >= 15 is 0 Å². The molecule has 20 heavy (non-hydrogen) atoms. The van der Waals surface area contributed by atoms with E-state index in [9.17, 15) is 14.0 Å². The number of amides is 1. The Labute approximate surface area is 120 Å². The summed E-state index contributed by atoms with van der Waals surface area (Å²) in [4.78, 5) is 26.3. The standard InChI is InChI=1S/C15H14FNO2S/c1-9-8-17(5-4-12(9)18)15(19)14-6-10-2-3-11(16)7-13(10)20-14/h2-3,6-7,9H,4-5,8H2,1H3. The third-order valence-electron chi connectivity index (χ3n) is 3.65. The van der Waals surface area contributed by atoms with E-state index in [4.69, 9.17) is 0 Å². The van der Waals surface area contributed by atoms with Crippen molar-refractivity contribution in [1.29, 1.82) is 0 Å². The number of rotatable bonds is 1. The Balaban J connectivity index is 1.87. The number of carbonyl (C=O) groups excluding carboxylic acids is 2. The van der Waals surface area contributed by atoms with Gasteiger partial charge in [-0.2, -0.15) is 0 Å². The quantitative estimate of drug-likeness (QED) is 0.809. The van der Waals surface area contributed by atoms with Gasteiger partial charge in [0, 0.05) is 30.1 Å². The van der Waals surface area contributed by atoms with Crippen LogP contribution in [0.3, 0.4) is 0 Å². The average molecular weight is 291 g/mol. The van der Waals surface area contributed by atoms with Crippen LogP contribution in [0.4, 0.5) is 4.39 Å². The summed E-state index contributed by atoms with van der Waals surface area (Å²) in [7, 11) is 0. The van der Waals surface area contributed by atoms with Crippen LogP contribution in [0.1, 0.15) is 23.0 Å². The molecule has 1 unspecified atom stereocenters. The molecule has 1 aromatic carbocycles. The molecule has 2 aromatic rings. The third kappa shape index (κ3) is 2.33. The molecule has 3 nitrogen and oxygen atoms in total. The molecular weight excluding hydrogens is 277 g/mol. The molecule has 0 spiro atoms. The van der Waals surface area contributed by atoms with Crippen molar-refractivity contribution in [3.63, 3.8) is 0 Å². The number of benzene rings is 1. The molecule has 1 atom stereocenters. The number of likely N-dealkylation sites (tertiary alicyclic amines) is 1. The molecular formula is C15H14FNO2S. The summed E-state index contributed by atoms with van der Waals surface area (Å²) in [6, 6.07) is 6.31. The minimum atomic E-state index is -0.296. The van der Waals surface area contributed by atoms with E-state index in [0.717, 1.165) is 10.1 Å². The normalized spacial score (nSPS) is 19.6. The molecule has 5 heteroatoms. The molecule has 1 amide bonds. The Morgan fingerprint density at radius 1 is 1.40 bits per heavy atom. The minimum absolute atomic E-state index is 0.0639. The van der Waals surface area contributed by atoms with Crippen LogP contribution < -0.4 is 0 Å². The highest BCUT2D eigenvalue weighted by Gasteiger charge is 2.28. The van der Waals surface area contributed by atoms with Crippen molar-refractivity contribution in [2.45, 2.75) is 13.3 Å². The topological polar surface area (TPSA) is 37.4 Å². The van der Waals surface area contributed by atoms with Crippen LogP contribution in [0, 0.1) is 11.7 Å². The van der Waals surface area contributed by atoms with Gasteiger partial charge in [-0.1, -0.05) is 13.0 Å². The van der Waals surface area contributed by atoms with Crippen molar-refractivity contribution in [2.75, 3.05) is 13.1 Å². The number of halogens is 1. The molecule has 0 saturated carbocycles. The molecule has 3 rings (SSSR count). The fraction of sp³-hybridized carbons (Fsp3) is 0.333. The van der Waals surface area contributed by atoms with Gasteiger partial charge in [0.2, 0.25) is 0 Å². The van der Waals surface area contributed by atoms with Crippen molar-refractivity contribution < 1.29 is 14.0 Å². The molecule has 0 radical (unpaired) electrons. The fourth-order valence-electron chi connectivity index (χ4n) is 2.47. The molecule has 1 aliphatic rings. The second-order valence-corrected chi connectivity index (χ2v) is 6.25. The van der Waals surface area contributed by atoms with Gasteiger partial charge in [-0.25, -0.2) is 4.39 Å². The smallest absolute Gasteiger partial charge is 0.263 e. The van der Waals surface area contributed by atoms with Gasteiger partial charge in [-0.05, 0) is 23.6 Å². The highest BCUT2D eigenvalue weighted by atomic mass is 32.1. The van der Waals surface area contributed by atoms with Gasteiger partial charge in [0.25, 0.3) is 5.91 Å². The highest BCUT2D eigenvalue weighted by Crippen LogP contribution is 2.28. The van der Waals surface area contributed by atoms with Crippen LogP contribution in [0.25, 0.3) is 10.1 Å². The van der Waals surface area contributed by atoms with Gasteiger partial charge in [0.05, 0.1) is 4.88 Å². The van der Waals surface area contributed by atoms with Crippen LogP contribution in [0.5, 0.6) is 0 Å². The van der Waals surface area contributed by atoms with E-state index in [1.807, 2.05) is 6.92 Å². The van der Waals surface area contributed by atoms with E-state index in [1.54, 1.807) is 17.0 Å². The summed E-state index contributed by atoms with van der Waals surface area (Å²) in [6.45, 7) is 2.80. The number of hydrogen-bond donors (Lipinski definition) is 0. The predicted molar refractivity (Wildman–Crippen MR) is 76.5 cm³/mol. The van der Waals surface area contributed by atoms with Crippen molar-refractivity contribution in [2.24, 2.45) is 5.92 Å². The number of Topliss-reactive ketones (excluding diaryl/α,β-unsaturated/α-hetero) is 1. The van der Waals surface area contributed by atoms with Gasteiger partial charge in [0.15, 0.2) is 0 Å². The molecule has 0 bridgehead atoms. The first-order valence-corrected chi connectivity index (χ1v) is 7.37. The Morgan fingerprint density at radius 2 is 2.20 bits per heavy atom. The second kappa shape index (κ2) is 4.98. The van der Waals surface area contributed by atoms with Gasteiger partial charge in [-0.15, -0.1) is 11.3 Å². The predicted octanol–water partition coefficient (Wildman–Crippen LogP) is 3.09. The number of piperidine rings is 1. The number of ketones is 1. The van der Waals surface area contributed by atoms with E-state index in [0.29, 0.717) is 24.4 Å². The summed E-state index contributed by atoms with van der Waals surface area (Å²) >= 11 is 1.30. The average Bonchev–Trinajstić information content (AvgIpc) is 2.84. The Hall–Kier alpha value is -1.75. The summed E-state index contributed by atoms with van der Waals surface area (Å²) in [5.41, 5.74) is 0. The first-order valence-electron chi connectivity index (χ1n) is 6.55. The monoisotopic (exact) mass is 291 g/mol. The number of fused-ring (bicyclic) bond motifs is 1. The molecule has 104 valence electrons. The van der Waals surface area contributed by atoms with Gasteiger partial charge in [0.1, 0.15) is 11.6 Å². The number of carbonyl (C=O) groups is 2. The van der Waals surface area contributed by atoms with Crippen molar-refractivity contribution in [1.82, 2.24) is 4.90 Å². The lowest BCUT2D eigenvalue weighted by atomic mass is 9.98. The Morgan fingerprint density at radius 3 is 2.95 bits per heavy atom. The zero-order valence-corrected chi connectivity index (χ0v) is 11.9. The summed E-state index contributed by atoms with van der Waals surface area (Å²) in [6.07, 6.45) is 0.423. The zero-order valence-electron chi connectivity index (χ0n) is 11.1. The maximum absolute atomic E-state index is 13.2. The van der Waals surface area contributed by atoms with Crippen LogP contribution >= 0.6 is 11.3 Å². The van der Waals surface area contributed by atoms with E-state index in [2.05, 4.69) is 0 Å². The SMILES string of the molecule is CC1CN(C(=O)c2cc3ccc(F)cc3s2)CCC1=O.